The van der Waals surface area contributed by atoms with E-state index in [1.165, 1.54) is 16.4 Å². The molecule has 2 rings (SSSR count). The molecular formula is C18H22N2O4S. The highest BCUT2D eigenvalue weighted by Crippen LogP contribution is 2.20. The first-order valence-electron chi connectivity index (χ1n) is 7.79. The number of nitrogens with one attached hydrogen (secondary N) is 1. The summed E-state index contributed by atoms with van der Waals surface area (Å²) in [5.41, 5.74) is 1.00. The third-order valence-corrected chi connectivity index (χ3v) is 5.92. The number of hydrogen-bond donors (Lipinski definition) is 1. The van der Waals surface area contributed by atoms with Crippen LogP contribution in [0.3, 0.4) is 0 Å². The van der Waals surface area contributed by atoms with Gasteiger partial charge in [0.2, 0.25) is 10.0 Å². The number of methoxy groups -OCH3 is 1. The van der Waals surface area contributed by atoms with E-state index in [1.807, 2.05) is 0 Å². The Kier molecular flexibility index (Phi) is 5.81. The second-order valence-corrected chi connectivity index (χ2v) is 7.82. The van der Waals surface area contributed by atoms with E-state index in [0.29, 0.717) is 17.0 Å². The molecule has 0 aromatic heterocycles. The molecule has 0 unspecified atom stereocenters. The van der Waals surface area contributed by atoms with Crippen LogP contribution < -0.4 is 10.1 Å². The van der Waals surface area contributed by atoms with E-state index in [1.54, 1.807) is 64.4 Å². The third kappa shape index (κ3) is 4.37. The van der Waals surface area contributed by atoms with Crippen LogP contribution in [-0.2, 0) is 10.0 Å². The molecule has 2 aromatic carbocycles. The first-order chi connectivity index (χ1) is 11.8. The van der Waals surface area contributed by atoms with Gasteiger partial charge in [-0.3, -0.25) is 4.79 Å². The summed E-state index contributed by atoms with van der Waals surface area (Å²) in [6, 6.07) is 12.7. The number of hydrogen-bond acceptors (Lipinski definition) is 4. The van der Waals surface area contributed by atoms with Crippen molar-refractivity contribution in [2.45, 2.75) is 24.8 Å². The van der Waals surface area contributed by atoms with Gasteiger partial charge in [0.25, 0.3) is 5.91 Å². The molecule has 25 heavy (non-hydrogen) atoms. The molecule has 1 amide bonds. The van der Waals surface area contributed by atoms with Crippen LogP contribution >= 0.6 is 0 Å². The van der Waals surface area contributed by atoms with Crippen LogP contribution in [0.1, 0.15) is 24.2 Å². The van der Waals surface area contributed by atoms with Crippen LogP contribution in [0.4, 0.5) is 5.69 Å². The van der Waals surface area contributed by atoms with Gasteiger partial charge in [-0.05, 0) is 62.4 Å². The van der Waals surface area contributed by atoms with Gasteiger partial charge in [0, 0.05) is 24.3 Å². The van der Waals surface area contributed by atoms with Crippen LogP contribution in [0.25, 0.3) is 0 Å². The Morgan fingerprint density at radius 3 is 2.08 bits per heavy atom. The highest BCUT2D eigenvalue weighted by molar-refractivity contribution is 7.89. The van der Waals surface area contributed by atoms with Crippen molar-refractivity contribution in [2.24, 2.45) is 0 Å². The first-order valence-corrected chi connectivity index (χ1v) is 9.23. The van der Waals surface area contributed by atoms with Crippen molar-refractivity contribution in [2.75, 3.05) is 19.5 Å². The summed E-state index contributed by atoms with van der Waals surface area (Å²) in [4.78, 5) is 12.4. The van der Waals surface area contributed by atoms with Crippen molar-refractivity contribution >= 4 is 21.6 Å². The molecule has 0 aliphatic heterocycles. The number of nitrogens with zero attached hydrogens (tertiary/aromatic N) is 1. The van der Waals surface area contributed by atoms with Gasteiger partial charge in [-0.1, -0.05) is 0 Å². The van der Waals surface area contributed by atoms with Gasteiger partial charge in [-0.15, -0.1) is 0 Å². The predicted octanol–water partition coefficient (Wildman–Crippen LogP) is 2.98. The lowest BCUT2D eigenvalue weighted by Gasteiger charge is -2.21. The van der Waals surface area contributed by atoms with Gasteiger partial charge in [0.05, 0.1) is 12.0 Å². The molecule has 0 radical (unpaired) electrons. The van der Waals surface area contributed by atoms with Crippen LogP contribution in [0.2, 0.25) is 0 Å². The lowest BCUT2D eigenvalue weighted by atomic mass is 10.2. The van der Waals surface area contributed by atoms with Crippen LogP contribution in [0.5, 0.6) is 5.75 Å². The molecule has 0 atom stereocenters. The molecule has 0 bridgehead atoms. The maximum atomic E-state index is 12.4. The molecule has 0 aliphatic carbocycles. The smallest absolute Gasteiger partial charge is 0.255 e. The molecule has 0 saturated carbocycles. The zero-order valence-electron chi connectivity index (χ0n) is 14.7. The average Bonchev–Trinajstić information content (AvgIpc) is 2.61. The van der Waals surface area contributed by atoms with Crippen LogP contribution in [0, 0.1) is 0 Å². The summed E-state index contributed by atoms with van der Waals surface area (Å²) in [6.45, 7) is 3.61. The Labute approximate surface area is 148 Å². The quantitative estimate of drug-likeness (QED) is 0.857. The van der Waals surface area contributed by atoms with Crippen LogP contribution in [0.15, 0.2) is 53.4 Å². The number of carbonyl (C=O) groups excluding carboxylic acids is 1. The summed E-state index contributed by atoms with van der Waals surface area (Å²) < 4.78 is 31.2. The summed E-state index contributed by atoms with van der Waals surface area (Å²) in [5.74, 6) is 0.387. The molecular weight excluding hydrogens is 340 g/mol. The zero-order chi connectivity index (χ0) is 18.6. The highest BCUT2D eigenvalue weighted by Gasteiger charge is 2.22. The van der Waals surface area contributed by atoms with E-state index in [9.17, 15) is 13.2 Å². The van der Waals surface area contributed by atoms with Crippen molar-refractivity contribution in [1.82, 2.24) is 4.31 Å². The van der Waals surface area contributed by atoms with E-state index < -0.39 is 10.0 Å². The van der Waals surface area contributed by atoms with E-state index >= 15 is 0 Å². The lowest BCUT2D eigenvalue weighted by molar-refractivity contribution is 0.102. The van der Waals surface area contributed by atoms with Crippen molar-refractivity contribution in [3.8, 4) is 5.75 Å². The lowest BCUT2D eigenvalue weighted by Crippen LogP contribution is -2.33. The standard InChI is InChI=1S/C18H22N2O4S/c1-13(2)20(3)25(22,23)17-11-7-15(8-12-17)19-18(21)14-5-9-16(24-4)10-6-14/h5-13H,1-4H3,(H,19,21). The second kappa shape index (κ2) is 7.67. The van der Waals surface area contributed by atoms with Gasteiger partial charge >= 0.3 is 0 Å². The molecule has 134 valence electrons. The summed E-state index contributed by atoms with van der Waals surface area (Å²) in [5, 5.41) is 2.74. The van der Waals surface area contributed by atoms with E-state index in [0.717, 1.165) is 0 Å². The maximum Gasteiger partial charge on any atom is 0.255 e. The molecule has 0 heterocycles. The largest absolute Gasteiger partial charge is 0.497 e. The van der Waals surface area contributed by atoms with E-state index in [2.05, 4.69) is 5.32 Å². The van der Waals surface area contributed by atoms with Crippen molar-refractivity contribution in [3.63, 3.8) is 0 Å². The van der Waals surface area contributed by atoms with Crippen molar-refractivity contribution in [3.05, 3.63) is 54.1 Å². The maximum absolute atomic E-state index is 12.4. The fourth-order valence-corrected chi connectivity index (χ4v) is 3.47. The number of rotatable bonds is 6. The topological polar surface area (TPSA) is 75.7 Å². The van der Waals surface area contributed by atoms with Gasteiger partial charge in [0.1, 0.15) is 5.75 Å². The van der Waals surface area contributed by atoms with Gasteiger partial charge < -0.3 is 10.1 Å². The van der Waals surface area contributed by atoms with Gasteiger partial charge in [0.15, 0.2) is 0 Å². The van der Waals surface area contributed by atoms with E-state index in [4.69, 9.17) is 4.74 Å². The minimum Gasteiger partial charge on any atom is -0.497 e. The summed E-state index contributed by atoms with van der Waals surface area (Å²) >= 11 is 0. The number of amides is 1. The Bertz CT molecular complexity index is 828. The molecule has 0 spiro atoms. The molecule has 7 heteroatoms. The number of carbonyl (C=O) groups is 1. The number of sulfonamides is 1. The van der Waals surface area contributed by atoms with Gasteiger partial charge in [-0.25, -0.2) is 8.42 Å². The minimum atomic E-state index is -3.54. The zero-order valence-corrected chi connectivity index (χ0v) is 15.5. The molecule has 0 aliphatic rings. The highest BCUT2D eigenvalue weighted by atomic mass is 32.2. The van der Waals surface area contributed by atoms with Crippen LogP contribution in [-0.4, -0.2) is 38.8 Å². The Morgan fingerprint density at radius 1 is 1.04 bits per heavy atom. The second-order valence-electron chi connectivity index (χ2n) is 5.82. The molecule has 0 fully saturated rings. The summed E-state index contributed by atoms with van der Waals surface area (Å²) in [7, 11) is -0.439. The number of ether oxygens (including phenoxy) is 1. The predicted molar refractivity (Wildman–Crippen MR) is 97.5 cm³/mol. The minimum absolute atomic E-state index is 0.139. The molecule has 1 N–H and O–H groups in total. The van der Waals surface area contributed by atoms with Gasteiger partial charge in [-0.2, -0.15) is 4.31 Å². The normalized spacial score (nSPS) is 11.6. The molecule has 6 nitrogen and oxygen atoms in total. The fraction of sp³-hybridized carbons (Fsp3) is 0.278. The summed E-state index contributed by atoms with van der Waals surface area (Å²) in [6.07, 6.45) is 0. The monoisotopic (exact) mass is 362 g/mol. The Hall–Kier alpha value is -2.38. The Balaban J connectivity index is 2.13. The molecule has 0 saturated heterocycles. The third-order valence-electron chi connectivity index (χ3n) is 3.87. The van der Waals surface area contributed by atoms with Crippen molar-refractivity contribution in [1.29, 1.82) is 0 Å². The first kappa shape index (κ1) is 19.0. The fourth-order valence-electron chi connectivity index (χ4n) is 2.10. The number of anilines is 1. The average molecular weight is 362 g/mol. The van der Waals surface area contributed by atoms with Crippen molar-refractivity contribution < 1.29 is 17.9 Å². The Morgan fingerprint density at radius 2 is 1.60 bits per heavy atom. The molecule has 2 aromatic rings. The SMILES string of the molecule is COc1ccc(C(=O)Nc2ccc(S(=O)(=O)N(C)C(C)C)cc2)cc1. The number of benzene rings is 2. The van der Waals surface area contributed by atoms with E-state index in [-0.39, 0.29) is 16.8 Å².